The van der Waals surface area contributed by atoms with Gasteiger partial charge < -0.3 is 10.4 Å². The number of hydrogen-bond acceptors (Lipinski definition) is 5. The highest BCUT2D eigenvalue weighted by atomic mass is 32.2. The zero-order valence-electron chi connectivity index (χ0n) is 12.0. The molecule has 116 valence electrons. The lowest BCUT2D eigenvalue weighted by Crippen LogP contribution is -2.46. The Morgan fingerprint density at radius 2 is 2.10 bits per heavy atom. The first-order valence-corrected chi connectivity index (χ1v) is 8.08. The molecule has 0 bridgehead atoms. The quantitative estimate of drug-likeness (QED) is 0.817. The van der Waals surface area contributed by atoms with E-state index >= 15 is 0 Å². The van der Waals surface area contributed by atoms with Crippen molar-refractivity contribution >= 4 is 21.8 Å². The van der Waals surface area contributed by atoms with Gasteiger partial charge in [-0.15, -0.1) is 0 Å². The summed E-state index contributed by atoms with van der Waals surface area (Å²) in [7, 11) is -0.587. The zero-order valence-corrected chi connectivity index (χ0v) is 12.9. The number of nitrogens with one attached hydrogen (secondary N) is 1. The number of carboxylic acid groups (broad SMARTS) is 1. The minimum Gasteiger partial charge on any atom is -0.481 e. The number of rotatable bonds is 6. The molecule has 0 saturated heterocycles. The molecule has 1 heterocycles. The van der Waals surface area contributed by atoms with E-state index < -0.39 is 21.5 Å². The molecule has 8 heteroatoms. The van der Waals surface area contributed by atoms with Crippen LogP contribution in [0, 0.1) is 0 Å². The topological polar surface area (TPSA) is 99.6 Å². The molecule has 0 amide bonds. The van der Waals surface area contributed by atoms with Crippen molar-refractivity contribution in [3.05, 3.63) is 18.3 Å². The summed E-state index contributed by atoms with van der Waals surface area (Å²) in [4.78, 5) is 15.1. The first kappa shape index (κ1) is 15.7. The third-order valence-corrected chi connectivity index (χ3v) is 5.51. The highest BCUT2D eigenvalue weighted by Gasteiger charge is 2.39. The number of carboxylic acids is 1. The van der Waals surface area contributed by atoms with Crippen LogP contribution in [-0.2, 0) is 14.8 Å². The number of anilines is 1. The molecule has 21 heavy (non-hydrogen) atoms. The SMILES string of the molecule is CN(C)S(=O)(=O)c1ccc(NC2(CC(=O)O)CCC2)nc1. The van der Waals surface area contributed by atoms with Crippen molar-refractivity contribution < 1.29 is 18.3 Å². The molecule has 1 aromatic heterocycles. The fourth-order valence-corrected chi connectivity index (χ4v) is 3.18. The fourth-order valence-electron chi connectivity index (χ4n) is 2.33. The molecule has 1 saturated carbocycles. The molecule has 0 radical (unpaired) electrons. The van der Waals surface area contributed by atoms with Crippen molar-refractivity contribution in [3.8, 4) is 0 Å². The van der Waals surface area contributed by atoms with Gasteiger partial charge in [0.05, 0.1) is 6.42 Å². The Hall–Kier alpha value is -1.67. The van der Waals surface area contributed by atoms with Gasteiger partial charge in [-0.1, -0.05) is 0 Å². The van der Waals surface area contributed by atoms with E-state index in [1.807, 2.05) is 0 Å². The van der Waals surface area contributed by atoms with E-state index in [1.54, 1.807) is 6.07 Å². The van der Waals surface area contributed by atoms with Gasteiger partial charge in [0.15, 0.2) is 0 Å². The van der Waals surface area contributed by atoms with Crippen LogP contribution in [0.25, 0.3) is 0 Å². The smallest absolute Gasteiger partial charge is 0.305 e. The van der Waals surface area contributed by atoms with Crippen LogP contribution in [0.1, 0.15) is 25.7 Å². The van der Waals surface area contributed by atoms with Gasteiger partial charge in [0.25, 0.3) is 0 Å². The third kappa shape index (κ3) is 3.33. The molecule has 0 unspecified atom stereocenters. The number of carbonyl (C=O) groups is 1. The summed E-state index contributed by atoms with van der Waals surface area (Å²) in [6.07, 6.45) is 3.85. The summed E-state index contributed by atoms with van der Waals surface area (Å²) in [6.45, 7) is 0. The maximum atomic E-state index is 11.9. The minimum absolute atomic E-state index is 0.0342. The van der Waals surface area contributed by atoms with E-state index in [4.69, 9.17) is 5.11 Å². The Balaban J connectivity index is 2.15. The average molecular weight is 313 g/mol. The predicted molar refractivity (Wildman–Crippen MR) is 77.6 cm³/mol. The van der Waals surface area contributed by atoms with Crippen molar-refractivity contribution in [1.29, 1.82) is 0 Å². The van der Waals surface area contributed by atoms with E-state index in [1.165, 1.54) is 26.4 Å². The summed E-state index contributed by atoms with van der Waals surface area (Å²) >= 11 is 0. The monoisotopic (exact) mass is 313 g/mol. The molecule has 1 fully saturated rings. The summed E-state index contributed by atoms with van der Waals surface area (Å²) < 4.78 is 25.0. The molecular formula is C13H19N3O4S. The van der Waals surface area contributed by atoms with Gasteiger partial charge >= 0.3 is 5.97 Å². The van der Waals surface area contributed by atoms with Gasteiger partial charge in [0.1, 0.15) is 10.7 Å². The lowest BCUT2D eigenvalue weighted by molar-refractivity contribution is -0.138. The van der Waals surface area contributed by atoms with Crippen LogP contribution >= 0.6 is 0 Å². The molecule has 7 nitrogen and oxygen atoms in total. The van der Waals surface area contributed by atoms with Crippen LogP contribution in [0.2, 0.25) is 0 Å². The maximum absolute atomic E-state index is 11.9. The standard InChI is InChI=1S/C13H19N3O4S/c1-16(2)21(19,20)10-4-5-11(14-9-10)15-13(6-3-7-13)8-12(17)18/h4-5,9H,3,6-8H2,1-2H3,(H,14,15)(H,17,18). The van der Waals surface area contributed by atoms with E-state index in [0.717, 1.165) is 23.6 Å². The Kier molecular flexibility index (Phi) is 4.20. The second kappa shape index (κ2) is 5.61. The highest BCUT2D eigenvalue weighted by molar-refractivity contribution is 7.89. The van der Waals surface area contributed by atoms with Crippen LogP contribution in [0.15, 0.2) is 23.2 Å². The Morgan fingerprint density at radius 1 is 1.43 bits per heavy atom. The summed E-state index contributed by atoms with van der Waals surface area (Å²) in [5.74, 6) is -0.359. The van der Waals surface area contributed by atoms with Crippen LogP contribution < -0.4 is 5.32 Å². The highest BCUT2D eigenvalue weighted by Crippen LogP contribution is 2.37. The van der Waals surface area contributed by atoms with Gasteiger partial charge in [-0.25, -0.2) is 17.7 Å². The largest absolute Gasteiger partial charge is 0.481 e. The van der Waals surface area contributed by atoms with Gasteiger partial charge in [-0.3, -0.25) is 4.79 Å². The number of pyridine rings is 1. The predicted octanol–water partition coefficient (Wildman–Crippen LogP) is 1.14. The Morgan fingerprint density at radius 3 is 2.48 bits per heavy atom. The number of aromatic nitrogens is 1. The first-order chi connectivity index (χ1) is 9.75. The van der Waals surface area contributed by atoms with Gasteiger partial charge in [-0.05, 0) is 31.4 Å². The average Bonchev–Trinajstić information content (AvgIpc) is 2.36. The van der Waals surface area contributed by atoms with Crippen LogP contribution in [0.5, 0.6) is 0 Å². The van der Waals surface area contributed by atoms with Crippen molar-refractivity contribution in [3.63, 3.8) is 0 Å². The van der Waals surface area contributed by atoms with Crippen molar-refractivity contribution in [1.82, 2.24) is 9.29 Å². The maximum Gasteiger partial charge on any atom is 0.305 e. The molecule has 0 aliphatic heterocycles. The van der Waals surface area contributed by atoms with Crippen LogP contribution in [0.4, 0.5) is 5.82 Å². The number of hydrogen-bond donors (Lipinski definition) is 2. The second-order valence-corrected chi connectivity index (χ2v) is 7.65. The molecule has 1 aromatic rings. The van der Waals surface area contributed by atoms with E-state index in [-0.39, 0.29) is 11.3 Å². The molecular weight excluding hydrogens is 294 g/mol. The number of aliphatic carboxylic acids is 1. The molecule has 1 aliphatic rings. The lowest BCUT2D eigenvalue weighted by atomic mass is 9.74. The summed E-state index contributed by atoms with van der Waals surface area (Å²) in [6, 6.07) is 3.04. The van der Waals surface area contributed by atoms with Crippen LogP contribution in [-0.4, -0.2) is 48.4 Å². The van der Waals surface area contributed by atoms with Crippen molar-refractivity contribution in [2.45, 2.75) is 36.1 Å². The molecule has 0 aromatic carbocycles. The molecule has 2 rings (SSSR count). The Bertz CT molecular complexity index is 621. The van der Waals surface area contributed by atoms with E-state index in [2.05, 4.69) is 10.3 Å². The Labute approximate surface area is 124 Å². The van der Waals surface area contributed by atoms with Gasteiger partial charge in [-0.2, -0.15) is 0 Å². The first-order valence-electron chi connectivity index (χ1n) is 6.64. The van der Waals surface area contributed by atoms with Gasteiger partial charge in [0, 0.05) is 25.8 Å². The normalized spacial score (nSPS) is 17.3. The van der Waals surface area contributed by atoms with E-state index in [9.17, 15) is 13.2 Å². The molecule has 1 aliphatic carbocycles. The molecule has 2 N–H and O–H groups in total. The second-order valence-electron chi connectivity index (χ2n) is 5.50. The number of sulfonamides is 1. The number of nitrogens with zero attached hydrogens (tertiary/aromatic N) is 2. The molecule has 0 atom stereocenters. The summed E-state index contributed by atoms with van der Waals surface area (Å²) in [5.41, 5.74) is -0.458. The van der Waals surface area contributed by atoms with Crippen molar-refractivity contribution in [2.24, 2.45) is 0 Å². The lowest BCUT2D eigenvalue weighted by Gasteiger charge is -2.41. The molecule has 0 spiro atoms. The van der Waals surface area contributed by atoms with Crippen molar-refractivity contribution in [2.75, 3.05) is 19.4 Å². The van der Waals surface area contributed by atoms with Crippen LogP contribution in [0.3, 0.4) is 0 Å². The van der Waals surface area contributed by atoms with E-state index in [0.29, 0.717) is 5.82 Å². The fraction of sp³-hybridized carbons (Fsp3) is 0.538. The van der Waals surface area contributed by atoms with Gasteiger partial charge in [0.2, 0.25) is 10.0 Å². The minimum atomic E-state index is -3.50. The zero-order chi connectivity index (χ0) is 15.7. The third-order valence-electron chi connectivity index (χ3n) is 3.71. The summed E-state index contributed by atoms with van der Waals surface area (Å²) in [5, 5.41) is 12.1.